The van der Waals surface area contributed by atoms with Gasteiger partial charge in [0, 0.05) is 18.9 Å². The summed E-state index contributed by atoms with van der Waals surface area (Å²) in [6, 6.07) is 4.58. The topological polar surface area (TPSA) is 111 Å². The van der Waals surface area contributed by atoms with Crippen molar-refractivity contribution in [2.75, 3.05) is 18.5 Å². The maximum absolute atomic E-state index is 12.3. The van der Waals surface area contributed by atoms with Crippen molar-refractivity contribution in [1.82, 2.24) is 5.32 Å². The Morgan fingerprint density at radius 3 is 2.57 bits per heavy atom. The minimum absolute atomic E-state index is 0.260. The van der Waals surface area contributed by atoms with Crippen LogP contribution in [0.25, 0.3) is 0 Å². The van der Waals surface area contributed by atoms with Crippen LogP contribution >= 0.6 is 0 Å². The lowest BCUT2D eigenvalue weighted by Crippen LogP contribution is -2.54. The molecule has 110 valence electrons. The monoisotopic (exact) mass is 289 g/mol. The molecule has 1 aromatic carbocycles. The lowest BCUT2D eigenvalue weighted by atomic mass is 9.90. The van der Waals surface area contributed by atoms with Gasteiger partial charge < -0.3 is 15.8 Å². The second-order valence-electron chi connectivity index (χ2n) is 5.27. The molecule has 0 atom stereocenters. The van der Waals surface area contributed by atoms with Crippen molar-refractivity contribution in [3.05, 3.63) is 29.3 Å². The van der Waals surface area contributed by atoms with E-state index in [4.69, 9.17) is 10.5 Å². The SMILES string of the molecule is NC1(C(=O)Nc2ccc3c(c2)C(=O)NC3=O)CCOCC1. The van der Waals surface area contributed by atoms with Crippen molar-refractivity contribution >= 4 is 23.4 Å². The molecular weight excluding hydrogens is 274 g/mol. The first-order valence-electron chi connectivity index (χ1n) is 6.67. The molecule has 0 aliphatic carbocycles. The van der Waals surface area contributed by atoms with E-state index in [1.54, 1.807) is 6.07 Å². The molecule has 4 N–H and O–H groups in total. The predicted molar refractivity (Wildman–Crippen MR) is 73.8 cm³/mol. The van der Waals surface area contributed by atoms with Crippen molar-refractivity contribution in [2.45, 2.75) is 18.4 Å². The number of hydrogen-bond donors (Lipinski definition) is 3. The summed E-state index contributed by atoms with van der Waals surface area (Å²) in [6.45, 7) is 0.899. The van der Waals surface area contributed by atoms with Crippen LogP contribution in [0, 0.1) is 0 Å². The normalized spacial score (nSPS) is 19.9. The molecule has 0 saturated carbocycles. The fourth-order valence-electron chi connectivity index (χ4n) is 2.46. The molecule has 7 nitrogen and oxygen atoms in total. The highest BCUT2D eigenvalue weighted by Crippen LogP contribution is 2.23. The average molecular weight is 289 g/mol. The Bertz CT molecular complexity index is 635. The van der Waals surface area contributed by atoms with Gasteiger partial charge in [0.15, 0.2) is 0 Å². The zero-order chi connectivity index (χ0) is 15.0. The zero-order valence-electron chi connectivity index (χ0n) is 11.3. The van der Waals surface area contributed by atoms with Gasteiger partial charge in [0.1, 0.15) is 5.54 Å². The summed E-state index contributed by atoms with van der Waals surface area (Å²) >= 11 is 0. The van der Waals surface area contributed by atoms with E-state index in [-0.39, 0.29) is 11.5 Å². The molecule has 7 heteroatoms. The number of rotatable bonds is 2. The smallest absolute Gasteiger partial charge is 0.259 e. The van der Waals surface area contributed by atoms with Gasteiger partial charge in [-0.25, -0.2) is 0 Å². The highest BCUT2D eigenvalue weighted by atomic mass is 16.5. The quantitative estimate of drug-likeness (QED) is 0.665. The molecule has 2 aliphatic rings. The van der Waals surface area contributed by atoms with Crippen molar-refractivity contribution in [2.24, 2.45) is 5.73 Å². The molecule has 0 aromatic heterocycles. The van der Waals surface area contributed by atoms with Crippen LogP contribution in [0.1, 0.15) is 33.6 Å². The summed E-state index contributed by atoms with van der Waals surface area (Å²) in [4.78, 5) is 35.3. The number of carbonyl (C=O) groups excluding carboxylic acids is 3. The van der Waals surface area contributed by atoms with Crippen molar-refractivity contribution < 1.29 is 19.1 Å². The fourth-order valence-corrected chi connectivity index (χ4v) is 2.46. The Kier molecular flexibility index (Phi) is 3.23. The maximum atomic E-state index is 12.3. The van der Waals surface area contributed by atoms with E-state index in [2.05, 4.69) is 10.6 Å². The van der Waals surface area contributed by atoms with Gasteiger partial charge in [-0.1, -0.05) is 0 Å². The van der Waals surface area contributed by atoms with Gasteiger partial charge in [-0.2, -0.15) is 0 Å². The molecule has 3 rings (SSSR count). The molecule has 0 unspecified atom stereocenters. The molecule has 2 heterocycles. The summed E-state index contributed by atoms with van der Waals surface area (Å²) in [7, 11) is 0. The molecule has 0 bridgehead atoms. The Hall–Kier alpha value is -2.25. The Morgan fingerprint density at radius 1 is 1.19 bits per heavy atom. The van der Waals surface area contributed by atoms with Crippen LogP contribution in [-0.4, -0.2) is 36.5 Å². The number of imide groups is 1. The minimum atomic E-state index is -0.963. The van der Waals surface area contributed by atoms with Gasteiger partial charge >= 0.3 is 0 Å². The van der Waals surface area contributed by atoms with E-state index < -0.39 is 17.4 Å². The van der Waals surface area contributed by atoms with Crippen LogP contribution < -0.4 is 16.4 Å². The summed E-state index contributed by atoms with van der Waals surface area (Å²) in [5.74, 6) is -1.19. The molecule has 1 saturated heterocycles. The van der Waals surface area contributed by atoms with E-state index in [0.717, 1.165) is 0 Å². The number of fused-ring (bicyclic) bond motifs is 1. The largest absolute Gasteiger partial charge is 0.381 e. The van der Waals surface area contributed by atoms with Crippen LogP contribution in [0.4, 0.5) is 5.69 Å². The second-order valence-corrected chi connectivity index (χ2v) is 5.27. The number of nitrogens with two attached hydrogens (primary N) is 1. The third-order valence-electron chi connectivity index (χ3n) is 3.83. The van der Waals surface area contributed by atoms with E-state index in [0.29, 0.717) is 37.3 Å². The Labute approximate surface area is 120 Å². The Balaban J connectivity index is 1.80. The number of hydrogen-bond acceptors (Lipinski definition) is 5. The van der Waals surface area contributed by atoms with E-state index in [1.807, 2.05) is 0 Å². The van der Waals surface area contributed by atoms with E-state index in [9.17, 15) is 14.4 Å². The van der Waals surface area contributed by atoms with E-state index in [1.165, 1.54) is 12.1 Å². The van der Waals surface area contributed by atoms with Crippen LogP contribution in [0.5, 0.6) is 0 Å². The molecule has 2 aliphatic heterocycles. The maximum Gasteiger partial charge on any atom is 0.259 e. The summed E-state index contributed by atoms with van der Waals surface area (Å²) in [5, 5.41) is 4.91. The van der Waals surface area contributed by atoms with Gasteiger partial charge in [-0.05, 0) is 31.0 Å². The minimum Gasteiger partial charge on any atom is -0.381 e. The lowest BCUT2D eigenvalue weighted by Gasteiger charge is -2.31. The molecular formula is C14H15N3O4. The molecule has 0 radical (unpaired) electrons. The number of carbonyl (C=O) groups is 3. The van der Waals surface area contributed by atoms with Crippen LogP contribution in [0.2, 0.25) is 0 Å². The summed E-state index contributed by atoms with van der Waals surface area (Å²) < 4.78 is 5.20. The first-order valence-corrected chi connectivity index (χ1v) is 6.67. The van der Waals surface area contributed by atoms with Crippen LogP contribution in [0.15, 0.2) is 18.2 Å². The third-order valence-corrected chi connectivity index (χ3v) is 3.83. The van der Waals surface area contributed by atoms with Gasteiger partial charge in [-0.15, -0.1) is 0 Å². The van der Waals surface area contributed by atoms with Crippen LogP contribution in [0.3, 0.4) is 0 Å². The summed E-state index contributed by atoms with van der Waals surface area (Å²) in [5.41, 5.74) is 6.14. The first kappa shape index (κ1) is 13.7. The predicted octanol–water partition coefficient (Wildman–Crippen LogP) is 0.0166. The van der Waals surface area contributed by atoms with Crippen molar-refractivity contribution in [3.63, 3.8) is 0 Å². The summed E-state index contributed by atoms with van der Waals surface area (Å²) in [6.07, 6.45) is 0.894. The molecule has 21 heavy (non-hydrogen) atoms. The first-order chi connectivity index (χ1) is 9.99. The number of amides is 3. The fraction of sp³-hybridized carbons (Fsp3) is 0.357. The lowest BCUT2D eigenvalue weighted by molar-refractivity contribution is -0.124. The van der Waals surface area contributed by atoms with Gasteiger partial charge in [0.2, 0.25) is 5.91 Å². The highest BCUT2D eigenvalue weighted by Gasteiger charge is 2.36. The number of benzene rings is 1. The molecule has 0 spiro atoms. The molecule has 1 fully saturated rings. The number of nitrogens with one attached hydrogen (secondary N) is 2. The third kappa shape index (κ3) is 2.41. The van der Waals surface area contributed by atoms with Crippen LogP contribution in [-0.2, 0) is 9.53 Å². The highest BCUT2D eigenvalue weighted by molar-refractivity contribution is 6.22. The Morgan fingerprint density at radius 2 is 1.86 bits per heavy atom. The van der Waals surface area contributed by atoms with Gasteiger partial charge in [0.05, 0.1) is 11.1 Å². The van der Waals surface area contributed by atoms with E-state index >= 15 is 0 Å². The number of ether oxygens (including phenoxy) is 1. The van der Waals surface area contributed by atoms with Crippen molar-refractivity contribution in [3.8, 4) is 0 Å². The van der Waals surface area contributed by atoms with Gasteiger partial charge in [-0.3, -0.25) is 19.7 Å². The van der Waals surface area contributed by atoms with Crippen molar-refractivity contribution in [1.29, 1.82) is 0 Å². The number of anilines is 1. The second kappa shape index (κ2) is 4.94. The standard InChI is InChI=1S/C14H15N3O4/c15-14(3-5-21-6-4-14)13(20)16-8-1-2-9-10(7-8)12(19)17-11(9)18/h1-2,7H,3-6,15H2,(H,16,20)(H,17,18,19). The average Bonchev–Trinajstić information content (AvgIpc) is 2.74. The van der Waals surface area contributed by atoms with Gasteiger partial charge in [0.25, 0.3) is 11.8 Å². The zero-order valence-corrected chi connectivity index (χ0v) is 11.3. The molecule has 3 amide bonds. The molecule has 1 aromatic rings.